The Hall–Kier alpha value is -5.79. The second kappa shape index (κ2) is 15.5. The normalized spacial score (nSPS) is 15.8. The third-order valence-electron chi connectivity index (χ3n) is 8.62. The zero-order valence-corrected chi connectivity index (χ0v) is 32.9. The summed E-state index contributed by atoms with van der Waals surface area (Å²) in [5.41, 5.74) is -1.59. The number of carboxylic acids is 2. The molecule has 0 spiro atoms. The lowest BCUT2D eigenvalue weighted by molar-refractivity contribution is -0.132. The van der Waals surface area contributed by atoms with E-state index < -0.39 is 94.9 Å². The lowest BCUT2D eigenvalue weighted by Crippen LogP contribution is -2.32. The van der Waals surface area contributed by atoms with Gasteiger partial charge in [0.15, 0.2) is 0 Å². The Kier molecular flexibility index (Phi) is 11.6. The van der Waals surface area contributed by atoms with E-state index >= 15 is 0 Å². The van der Waals surface area contributed by atoms with E-state index in [2.05, 4.69) is 16.9 Å². The molecule has 58 heavy (non-hydrogen) atoms. The minimum Gasteiger partial charge on any atom is -0.478 e. The van der Waals surface area contributed by atoms with Crippen LogP contribution in [0.5, 0.6) is 0 Å². The van der Waals surface area contributed by atoms with Crippen molar-refractivity contribution in [3.8, 4) is 22.5 Å². The average molecular weight is 879 g/mol. The van der Waals surface area contributed by atoms with Crippen molar-refractivity contribution in [2.45, 2.75) is 36.1 Å². The van der Waals surface area contributed by atoms with Crippen LogP contribution in [0.25, 0.3) is 28.5 Å². The molecule has 1 heterocycles. The van der Waals surface area contributed by atoms with Gasteiger partial charge in [0, 0.05) is 40.4 Å². The van der Waals surface area contributed by atoms with E-state index in [0.29, 0.717) is 5.56 Å². The van der Waals surface area contributed by atoms with Gasteiger partial charge < -0.3 is 19.9 Å². The highest BCUT2D eigenvalue weighted by Gasteiger charge is 2.31. The maximum Gasteiger partial charge on any atom is 0.337 e. The molecule has 2 aliphatic carbocycles. The molecule has 2 aromatic carbocycles. The molecule has 23 heteroatoms. The minimum absolute atomic E-state index is 0.0558. The summed E-state index contributed by atoms with van der Waals surface area (Å²) in [7, 11) is -20.2. The molecule has 1 aliphatic heterocycles. The summed E-state index contributed by atoms with van der Waals surface area (Å²) in [5, 5.41) is 21.6. The zero-order chi connectivity index (χ0) is 43.3. The van der Waals surface area contributed by atoms with Gasteiger partial charge in [-0.25, -0.2) is 14.6 Å². The van der Waals surface area contributed by atoms with Crippen LogP contribution >= 0.6 is 0 Å². The lowest BCUT2D eigenvalue weighted by Gasteiger charge is -2.23. The van der Waals surface area contributed by atoms with Crippen molar-refractivity contribution in [3.63, 3.8) is 0 Å². The number of carbonyl (C=O) groups is 2. The molecule has 1 atom stereocenters. The smallest absolute Gasteiger partial charge is 0.337 e. The van der Waals surface area contributed by atoms with Crippen molar-refractivity contribution in [1.82, 2.24) is 5.32 Å². The summed E-state index contributed by atoms with van der Waals surface area (Å²) < 4.78 is 144. The third kappa shape index (κ3) is 9.16. The van der Waals surface area contributed by atoms with Gasteiger partial charge >= 0.3 is 11.9 Å². The Morgan fingerprint density at radius 2 is 1.47 bits per heavy atom. The Morgan fingerprint density at radius 1 is 0.828 bits per heavy atom. The summed E-state index contributed by atoms with van der Waals surface area (Å²) in [6.07, 6.45) is 2.42. The predicted octanol–water partition coefficient (Wildman–Crippen LogP) is 3.98. The van der Waals surface area contributed by atoms with Crippen LogP contribution in [-0.4, -0.2) is 80.1 Å². The lowest BCUT2D eigenvalue weighted by atomic mass is 9.91. The molecule has 0 saturated heterocycles. The van der Waals surface area contributed by atoms with Gasteiger partial charge in [0.25, 0.3) is 40.5 Å². The van der Waals surface area contributed by atoms with Crippen LogP contribution in [0.3, 0.4) is 0 Å². The van der Waals surface area contributed by atoms with Gasteiger partial charge in [-0.3, -0.25) is 18.2 Å². The molecular formula is C35H30N2O17S4. The molecule has 0 amide bonds. The van der Waals surface area contributed by atoms with Gasteiger partial charge in [0.1, 0.15) is 31.1 Å². The summed E-state index contributed by atoms with van der Waals surface area (Å²) in [5.74, 6) is -3.73. The summed E-state index contributed by atoms with van der Waals surface area (Å²) in [6.45, 7) is 6.37. The van der Waals surface area contributed by atoms with Crippen LogP contribution in [-0.2, 0) is 45.3 Å². The van der Waals surface area contributed by atoms with Crippen LogP contribution in [0.15, 0.2) is 114 Å². The van der Waals surface area contributed by atoms with E-state index in [1.807, 2.05) is 0 Å². The molecule has 19 nitrogen and oxygen atoms in total. The zero-order valence-electron chi connectivity index (χ0n) is 29.7. The molecular weight excluding hydrogens is 849 g/mol. The number of rotatable bonds is 12. The van der Waals surface area contributed by atoms with Crippen molar-refractivity contribution in [2.75, 3.05) is 0 Å². The Morgan fingerprint density at radius 3 is 2.03 bits per heavy atom. The maximum absolute atomic E-state index is 12.6. The van der Waals surface area contributed by atoms with Gasteiger partial charge in [-0.15, -0.1) is 0 Å². The van der Waals surface area contributed by atoms with Crippen LogP contribution in [0.2, 0.25) is 0 Å². The van der Waals surface area contributed by atoms with Gasteiger partial charge in [-0.05, 0) is 62.2 Å². The number of carboxylic acid groups (broad SMARTS) is 2. The number of aliphatic carboxylic acids is 1. The second-order valence-corrected chi connectivity index (χ2v) is 18.1. The van der Waals surface area contributed by atoms with Crippen molar-refractivity contribution >= 4 is 64.2 Å². The van der Waals surface area contributed by atoms with Gasteiger partial charge in [-0.1, -0.05) is 30.9 Å². The van der Waals surface area contributed by atoms with Crippen molar-refractivity contribution in [3.05, 3.63) is 122 Å². The van der Waals surface area contributed by atoms with Crippen molar-refractivity contribution < 1.29 is 76.1 Å². The Labute approximate surface area is 330 Å². The van der Waals surface area contributed by atoms with Crippen LogP contribution < -0.4 is 10.7 Å². The Bertz CT molecular complexity index is 3050. The van der Waals surface area contributed by atoms with Crippen LogP contribution in [0, 0.1) is 13.8 Å². The summed E-state index contributed by atoms with van der Waals surface area (Å²) in [4.78, 5) is 24.1. The monoisotopic (exact) mass is 878 g/mol. The first-order valence-electron chi connectivity index (χ1n) is 16.0. The molecule has 0 radical (unpaired) electrons. The number of aryl methyl sites for hydroxylation is 1. The largest absolute Gasteiger partial charge is 0.478 e. The SMILES string of the molecule is C=C(/C(=C\c1oc2cc(=Nc3ccc(C(=O)O)c(S(=O)(=O)O)c3)c(C)cc-2c(-c2ccccc2S(=O)(=O)O)c1C)NC1C=C(S(=O)(=O)O)C(C(=O)O)=CC1)S(=O)(=O)O. The van der Waals surface area contributed by atoms with Gasteiger partial charge in [0.2, 0.25) is 0 Å². The highest BCUT2D eigenvalue weighted by Crippen LogP contribution is 2.42. The number of fused-ring (bicyclic) bond motifs is 1. The van der Waals surface area contributed by atoms with E-state index in [4.69, 9.17) is 4.42 Å². The van der Waals surface area contributed by atoms with E-state index in [1.165, 1.54) is 37.3 Å². The predicted molar refractivity (Wildman–Crippen MR) is 204 cm³/mol. The fourth-order valence-electron chi connectivity index (χ4n) is 5.97. The highest BCUT2D eigenvalue weighted by molar-refractivity contribution is 7.90. The number of nitrogens with zero attached hydrogens (tertiary/aromatic N) is 1. The number of hydrogen-bond donors (Lipinski definition) is 7. The molecule has 3 aliphatic rings. The average Bonchev–Trinajstić information content (AvgIpc) is 3.10. The first-order valence-corrected chi connectivity index (χ1v) is 21.8. The van der Waals surface area contributed by atoms with Gasteiger partial charge in [0.05, 0.1) is 27.9 Å². The number of nitrogens with one attached hydrogen (secondary N) is 1. The number of benzene rings is 3. The first-order chi connectivity index (χ1) is 26.7. The number of aromatic carboxylic acids is 1. The Balaban J connectivity index is 1.85. The van der Waals surface area contributed by atoms with E-state index in [0.717, 1.165) is 42.5 Å². The van der Waals surface area contributed by atoms with E-state index in [1.54, 1.807) is 6.92 Å². The molecule has 0 aromatic heterocycles. The van der Waals surface area contributed by atoms with Crippen molar-refractivity contribution in [1.29, 1.82) is 0 Å². The standard InChI is InChI=1S/C35H30N2O17S4/c1-17-12-25-29(15-26(17)36-20-8-10-23(34(38)39)31(13-20)57(48,49)50)54-28(18(2)33(25)22-6-4-5-7-30(22)56(45,46)47)16-27(19(3)55(42,43)44)37-21-9-11-24(35(40)41)32(14-21)58(51,52)53/h4-8,10-16,21,37H,3,9H2,1-2H3,(H,38,39)(H,40,41)(H,42,43,44)(H,45,46,47)(H,48,49,50)(H,51,52,53)/b27-16+,36-26?. The minimum atomic E-state index is -5.14. The molecule has 5 rings (SSSR count). The number of hydrogen-bond acceptors (Lipinski definition) is 13. The fraction of sp³-hybridized carbons (Fsp3) is 0.114. The topological polar surface area (TPSA) is 330 Å². The third-order valence-corrected chi connectivity index (χ3v) is 12.2. The molecule has 2 aromatic rings. The van der Waals surface area contributed by atoms with E-state index in [-0.39, 0.29) is 51.2 Å². The fourth-order valence-corrected chi connectivity index (χ4v) is 8.55. The highest BCUT2D eigenvalue weighted by atomic mass is 32.2. The summed E-state index contributed by atoms with van der Waals surface area (Å²) >= 11 is 0. The first kappa shape index (κ1) is 43.3. The summed E-state index contributed by atoms with van der Waals surface area (Å²) in [6, 6.07) is 9.60. The second-order valence-electron chi connectivity index (χ2n) is 12.5. The molecule has 7 N–H and O–H groups in total. The molecule has 306 valence electrons. The molecule has 1 unspecified atom stereocenters. The maximum atomic E-state index is 12.6. The quantitative estimate of drug-likeness (QED) is 0.0781. The van der Waals surface area contributed by atoms with Crippen LogP contribution in [0.1, 0.15) is 33.7 Å². The molecule has 0 fully saturated rings. The van der Waals surface area contributed by atoms with Crippen molar-refractivity contribution in [2.24, 2.45) is 4.99 Å². The molecule has 0 saturated carbocycles. The van der Waals surface area contributed by atoms with Crippen LogP contribution in [0.4, 0.5) is 5.69 Å². The van der Waals surface area contributed by atoms with Gasteiger partial charge in [-0.2, -0.15) is 33.7 Å². The van der Waals surface area contributed by atoms with E-state index in [9.17, 15) is 71.7 Å². The molecule has 0 bridgehead atoms.